The van der Waals surface area contributed by atoms with Crippen molar-refractivity contribution in [3.8, 4) is 11.1 Å². The Kier molecular flexibility index (Phi) is 2.81. The number of Topliss-reactive ketones (excluding diaryl/α,β-unsaturated/α-hetero) is 1. The Morgan fingerprint density at radius 2 is 1.83 bits per heavy atom. The third kappa shape index (κ3) is 1.80. The molecule has 2 nitrogen and oxygen atoms in total. The van der Waals surface area contributed by atoms with Gasteiger partial charge in [0.25, 0.3) is 0 Å². The first-order valence-corrected chi connectivity index (χ1v) is 6.49. The Bertz CT molecular complexity index is 624. The summed E-state index contributed by atoms with van der Waals surface area (Å²) in [5.41, 5.74) is 3.41. The standard InChI is InChI=1S/C14H9FINO/c15-10-6-4-9(5-7-10)11-2-1-3-12-14(11)13(18)8-17(12)16/h1-7H,8H2. The number of ketones is 1. The molecule has 90 valence electrons. The average molecular weight is 353 g/mol. The fraction of sp³-hybridized carbons (Fsp3) is 0.0714. The lowest BCUT2D eigenvalue weighted by molar-refractivity contribution is 0.101. The second-order valence-corrected chi connectivity index (χ2v) is 5.31. The summed E-state index contributed by atoms with van der Waals surface area (Å²) in [5, 5.41) is 0. The Labute approximate surface area is 118 Å². The molecule has 1 heterocycles. The summed E-state index contributed by atoms with van der Waals surface area (Å²) in [7, 11) is 0. The number of hydrogen-bond donors (Lipinski definition) is 0. The van der Waals surface area contributed by atoms with E-state index in [0.29, 0.717) is 6.54 Å². The topological polar surface area (TPSA) is 20.3 Å². The maximum absolute atomic E-state index is 12.9. The SMILES string of the molecule is O=C1CN(I)c2cccc(-c3ccc(F)cc3)c21. The molecule has 0 saturated carbocycles. The monoisotopic (exact) mass is 353 g/mol. The van der Waals surface area contributed by atoms with E-state index in [-0.39, 0.29) is 11.6 Å². The molecule has 3 rings (SSSR count). The number of anilines is 1. The van der Waals surface area contributed by atoms with E-state index < -0.39 is 0 Å². The Balaban J connectivity index is 2.20. The van der Waals surface area contributed by atoms with Gasteiger partial charge in [0.15, 0.2) is 5.78 Å². The quantitative estimate of drug-likeness (QED) is 0.574. The van der Waals surface area contributed by atoms with Crippen LogP contribution in [-0.2, 0) is 0 Å². The van der Waals surface area contributed by atoms with Crippen LogP contribution in [0.25, 0.3) is 11.1 Å². The van der Waals surface area contributed by atoms with E-state index in [1.165, 1.54) is 12.1 Å². The maximum Gasteiger partial charge on any atom is 0.185 e. The van der Waals surface area contributed by atoms with E-state index in [4.69, 9.17) is 0 Å². The van der Waals surface area contributed by atoms with Gasteiger partial charge in [0.05, 0.1) is 40.7 Å². The number of carbonyl (C=O) groups is 1. The third-order valence-corrected chi connectivity index (χ3v) is 3.88. The van der Waals surface area contributed by atoms with Crippen molar-refractivity contribution in [2.24, 2.45) is 0 Å². The van der Waals surface area contributed by atoms with E-state index in [1.807, 2.05) is 21.3 Å². The molecule has 0 N–H and O–H groups in total. The molecule has 1 aliphatic heterocycles. The van der Waals surface area contributed by atoms with Crippen molar-refractivity contribution in [3.63, 3.8) is 0 Å². The number of fused-ring (bicyclic) bond motifs is 1. The minimum atomic E-state index is -0.270. The van der Waals surface area contributed by atoms with Gasteiger partial charge in [-0.3, -0.25) is 4.79 Å². The highest BCUT2D eigenvalue weighted by Crippen LogP contribution is 2.37. The molecule has 0 spiro atoms. The minimum absolute atomic E-state index is 0.110. The number of benzene rings is 2. The fourth-order valence-corrected chi connectivity index (χ4v) is 2.91. The minimum Gasteiger partial charge on any atom is -0.306 e. The fourth-order valence-electron chi connectivity index (χ4n) is 2.20. The largest absolute Gasteiger partial charge is 0.306 e. The molecule has 2 aromatic rings. The molecule has 0 aliphatic carbocycles. The molecule has 18 heavy (non-hydrogen) atoms. The summed E-state index contributed by atoms with van der Waals surface area (Å²) in [6, 6.07) is 12.0. The van der Waals surface area contributed by atoms with Crippen LogP contribution in [0.5, 0.6) is 0 Å². The summed E-state index contributed by atoms with van der Waals surface area (Å²) in [4.78, 5) is 12.0. The molecule has 1 aliphatic rings. The zero-order valence-electron chi connectivity index (χ0n) is 9.36. The average Bonchev–Trinajstić information content (AvgIpc) is 2.66. The van der Waals surface area contributed by atoms with Gasteiger partial charge < -0.3 is 3.11 Å². The molecular weight excluding hydrogens is 344 g/mol. The van der Waals surface area contributed by atoms with Gasteiger partial charge in [-0.15, -0.1) is 0 Å². The van der Waals surface area contributed by atoms with Crippen LogP contribution in [0.3, 0.4) is 0 Å². The van der Waals surface area contributed by atoms with Crippen molar-refractivity contribution in [1.82, 2.24) is 0 Å². The first-order chi connectivity index (χ1) is 8.66. The van der Waals surface area contributed by atoms with Gasteiger partial charge in [0.2, 0.25) is 0 Å². The molecule has 0 aromatic heterocycles. The second kappa shape index (κ2) is 4.35. The molecule has 0 atom stereocenters. The van der Waals surface area contributed by atoms with Gasteiger partial charge in [0.1, 0.15) is 5.82 Å². The number of rotatable bonds is 1. The molecule has 4 heteroatoms. The van der Waals surface area contributed by atoms with Crippen LogP contribution in [0.2, 0.25) is 0 Å². The predicted octanol–water partition coefficient (Wildman–Crippen LogP) is 3.85. The Morgan fingerprint density at radius 1 is 1.11 bits per heavy atom. The van der Waals surface area contributed by atoms with E-state index >= 15 is 0 Å². The number of nitrogens with zero attached hydrogens (tertiary/aromatic N) is 1. The van der Waals surface area contributed by atoms with Crippen molar-refractivity contribution >= 4 is 34.3 Å². The zero-order valence-corrected chi connectivity index (χ0v) is 11.5. The zero-order chi connectivity index (χ0) is 12.7. The van der Waals surface area contributed by atoms with Gasteiger partial charge in [-0.05, 0) is 29.3 Å². The lowest BCUT2D eigenvalue weighted by atomic mass is 9.97. The molecule has 0 radical (unpaired) electrons. The van der Waals surface area contributed by atoms with E-state index in [0.717, 1.165) is 22.4 Å². The molecule has 0 fully saturated rings. The maximum atomic E-state index is 12.9. The van der Waals surface area contributed by atoms with Crippen LogP contribution in [0.1, 0.15) is 10.4 Å². The smallest absolute Gasteiger partial charge is 0.185 e. The van der Waals surface area contributed by atoms with Crippen LogP contribution in [-0.4, -0.2) is 12.3 Å². The first-order valence-electron chi connectivity index (χ1n) is 5.52. The van der Waals surface area contributed by atoms with E-state index in [2.05, 4.69) is 22.9 Å². The van der Waals surface area contributed by atoms with Crippen LogP contribution >= 0.6 is 22.9 Å². The molecule has 0 amide bonds. The summed E-state index contributed by atoms with van der Waals surface area (Å²) in [6.07, 6.45) is 0. The van der Waals surface area contributed by atoms with Gasteiger partial charge in [0, 0.05) is 0 Å². The molecule has 0 saturated heterocycles. The van der Waals surface area contributed by atoms with Crippen LogP contribution in [0.4, 0.5) is 10.1 Å². The van der Waals surface area contributed by atoms with Gasteiger partial charge >= 0.3 is 0 Å². The van der Waals surface area contributed by atoms with Gasteiger partial charge in [-0.2, -0.15) is 0 Å². The highest BCUT2D eigenvalue weighted by molar-refractivity contribution is 14.1. The summed E-state index contributed by atoms with van der Waals surface area (Å²) < 4.78 is 14.8. The highest BCUT2D eigenvalue weighted by atomic mass is 127. The van der Waals surface area contributed by atoms with Crippen molar-refractivity contribution in [1.29, 1.82) is 0 Å². The summed E-state index contributed by atoms with van der Waals surface area (Å²) in [5.74, 6) is -0.160. The van der Waals surface area contributed by atoms with E-state index in [1.54, 1.807) is 12.1 Å². The van der Waals surface area contributed by atoms with Crippen LogP contribution in [0, 0.1) is 5.82 Å². The first kappa shape index (κ1) is 11.6. The predicted molar refractivity (Wildman–Crippen MR) is 77.5 cm³/mol. The third-order valence-electron chi connectivity index (χ3n) is 3.02. The lowest BCUT2D eigenvalue weighted by Gasteiger charge is -2.10. The number of halogens is 2. The second-order valence-electron chi connectivity index (χ2n) is 4.15. The van der Waals surface area contributed by atoms with Gasteiger partial charge in [-0.25, -0.2) is 4.39 Å². The van der Waals surface area contributed by atoms with Crippen molar-refractivity contribution < 1.29 is 9.18 Å². The summed E-state index contributed by atoms with van der Waals surface area (Å²) in [6.45, 7) is 0.397. The molecule has 2 aromatic carbocycles. The molecule has 0 unspecified atom stereocenters. The van der Waals surface area contributed by atoms with Gasteiger partial charge in [-0.1, -0.05) is 24.3 Å². The molecular formula is C14H9FINO. The number of hydrogen-bond acceptors (Lipinski definition) is 2. The normalized spacial score (nSPS) is 13.9. The highest BCUT2D eigenvalue weighted by Gasteiger charge is 2.27. The van der Waals surface area contributed by atoms with E-state index in [9.17, 15) is 9.18 Å². The number of carbonyl (C=O) groups excluding carboxylic acids is 1. The Hall–Kier alpha value is -1.43. The molecule has 0 bridgehead atoms. The van der Waals surface area contributed by atoms with Crippen LogP contribution in [0.15, 0.2) is 42.5 Å². The van der Waals surface area contributed by atoms with Crippen molar-refractivity contribution in [3.05, 3.63) is 53.8 Å². The Morgan fingerprint density at radius 3 is 2.56 bits per heavy atom. The van der Waals surface area contributed by atoms with Crippen molar-refractivity contribution in [2.45, 2.75) is 0 Å². The van der Waals surface area contributed by atoms with Crippen molar-refractivity contribution in [2.75, 3.05) is 9.66 Å². The van der Waals surface area contributed by atoms with Crippen LogP contribution < -0.4 is 3.11 Å². The lowest BCUT2D eigenvalue weighted by Crippen LogP contribution is -2.08. The summed E-state index contributed by atoms with van der Waals surface area (Å²) >= 11 is 2.13.